The number of nitrogens with one attached hydrogen (secondary N) is 1. The van der Waals surface area contributed by atoms with E-state index >= 15 is 0 Å². The van der Waals surface area contributed by atoms with Gasteiger partial charge in [0.1, 0.15) is 6.61 Å². The molecule has 0 bridgehead atoms. The van der Waals surface area contributed by atoms with Gasteiger partial charge in [0.15, 0.2) is 11.5 Å². The summed E-state index contributed by atoms with van der Waals surface area (Å²) in [5.74, 6) is 1.63. The molecule has 0 spiro atoms. The smallest absolute Gasteiger partial charge is 0.161 e. The molecule has 0 aliphatic carbocycles. The van der Waals surface area contributed by atoms with Gasteiger partial charge in [-0.3, -0.25) is 4.90 Å². The summed E-state index contributed by atoms with van der Waals surface area (Å²) >= 11 is 0. The van der Waals surface area contributed by atoms with Crippen LogP contribution in [0.2, 0.25) is 0 Å². The minimum Gasteiger partial charge on any atom is -0.490 e. The Hall–Kier alpha value is -2.04. The number of hydrogen-bond acceptors (Lipinski definition) is 4. The summed E-state index contributed by atoms with van der Waals surface area (Å²) in [6, 6.07) is 15.3. The van der Waals surface area contributed by atoms with Gasteiger partial charge >= 0.3 is 0 Å². The third-order valence-corrected chi connectivity index (χ3v) is 5.57. The Bertz CT molecular complexity index is 747. The highest BCUT2D eigenvalue weighted by atomic mass is 16.5. The number of aryl methyl sites for hydroxylation is 1. The molecule has 1 fully saturated rings. The standard InChI is InChI=1S/C24H34N2O2/c1-4-26-14-8-11-22(26)17-25-16-20-12-13-23(24(15-20)27-5-2)28-18-21-10-7-6-9-19(21)3/h6-7,9-10,12-13,15,22,25H,4-5,8,11,14,16-18H2,1-3H3. The number of rotatable bonds is 10. The monoisotopic (exact) mass is 382 g/mol. The van der Waals surface area contributed by atoms with Crippen LogP contribution in [0.5, 0.6) is 11.5 Å². The number of hydrogen-bond donors (Lipinski definition) is 1. The van der Waals surface area contributed by atoms with E-state index in [4.69, 9.17) is 9.47 Å². The van der Waals surface area contributed by atoms with Crippen molar-refractivity contribution >= 4 is 0 Å². The predicted octanol–water partition coefficient (Wildman–Crippen LogP) is 4.55. The van der Waals surface area contributed by atoms with E-state index in [0.717, 1.165) is 31.1 Å². The van der Waals surface area contributed by atoms with Crippen molar-refractivity contribution in [2.45, 2.75) is 52.8 Å². The highest BCUT2D eigenvalue weighted by Crippen LogP contribution is 2.29. The zero-order valence-corrected chi connectivity index (χ0v) is 17.5. The molecule has 4 heteroatoms. The van der Waals surface area contributed by atoms with Gasteiger partial charge in [-0.1, -0.05) is 37.3 Å². The van der Waals surface area contributed by atoms with Gasteiger partial charge in [-0.15, -0.1) is 0 Å². The van der Waals surface area contributed by atoms with Crippen LogP contribution >= 0.6 is 0 Å². The molecule has 1 saturated heterocycles. The molecule has 28 heavy (non-hydrogen) atoms. The maximum atomic E-state index is 6.07. The van der Waals surface area contributed by atoms with Crippen LogP contribution in [0.25, 0.3) is 0 Å². The lowest BCUT2D eigenvalue weighted by Gasteiger charge is -2.23. The molecule has 0 amide bonds. The molecule has 1 unspecified atom stereocenters. The summed E-state index contributed by atoms with van der Waals surface area (Å²) in [4.78, 5) is 2.57. The highest BCUT2D eigenvalue weighted by Gasteiger charge is 2.22. The molecule has 1 N–H and O–H groups in total. The van der Waals surface area contributed by atoms with Gasteiger partial charge in [-0.05, 0) is 68.6 Å². The lowest BCUT2D eigenvalue weighted by Crippen LogP contribution is -2.37. The van der Waals surface area contributed by atoms with Crippen LogP contribution in [0.1, 0.15) is 43.4 Å². The van der Waals surface area contributed by atoms with Crippen molar-refractivity contribution in [3.8, 4) is 11.5 Å². The Labute approximate surface area is 169 Å². The van der Waals surface area contributed by atoms with Crippen molar-refractivity contribution in [1.29, 1.82) is 0 Å². The lowest BCUT2D eigenvalue weighted by atomic mass is 10.1. The van der Waals surface area contributed by atoms with Crippen molar-refractivity contribution < 1.29 is 9.47 Å². The molecule has 4 nitrogen and oxygen atoms in total. The van der Waals surface area contributed by atoms with Crippen molar-refractivity contribution in [1.82, 2.24) is 10.2 Å². The van der Waals surface area contributed by atoms with E-state index in [2.05, 4.69) is 54.4 Å². The maximum Gasteiger partial charge on any atom is 0.161 e. The van der Waals surface area contributed by atoms with Crippen LogP contribution in [0.4, 0.5) is 0 Å². The zero-order valence-electron chi connectivity index (χ0n) is 17.5. The lowest BCUT2D eigenvalue weighted by molar-refractivity contribution is 0.259. The molecule has 1 aliphatic heterocycles. The molecule has 1 aliphatic rings. The number of ether oxygens (including phenoxy) is 2. The summed E-state index contributed by atoms with van der Waals surface area (Å²) in [6.07, 6.45) is 2.62. The summed E-state index contributed by atoms with van der Waals surface area (Å²) in [7, 11) is 0. The minimum atomic E-state index is 0.554. The molecule has 2 aromatic carbocycles. The Morgan fingerprint density at radius 2 is 1.93 bits per heavy atom. The first kappa shape index (κ1) is 20.7. The van der Waals surface area contributed by atoms with E-state index in [-0.39, 0.29) is 0 Å². The van der Waals surface area contributed by atoms with Gasteiger partial charge in [0.2, 0.25) is 0 Å². The van der Waals surface area contributed by atoms with E-state index in [0.29, 0.717) is 19.3 Å². The van der Waals surface area contributed by atoms with E-state index in [1.54, 1.807) is 0 Å². The summed E-state index contributed by atoms with van der Waals surface area (Å²) in [6.45, 7) is 11.8. The normalized spacial score (nSPS) is 17.0. The summed E-state index contributed by atoms with van der Waals surface area (Å²) in [5.41, 5.74) is 3.68. The van der Waals surface area contributed by atoms with Gasteiger partial charge in [-0.25, -0.2) is 0 Å². The summed E-state index contributed by atoms with van der Waals surface area (Å²) in [5, 5.41) is 3.62. The number of likely N-dealkylation sites (N-methyl/N-ethyl adjacent to an activating group) is 1. The fourth-order valence-corrected chi connectivity index (χ4v) is 3.90. The number of nitrogens with zero attached hydrogens (tertiary/aromatic N) is 1. The van der Waals surface area contributed by atoms with E-state index in [1.807, 2.05) is 19.1 Å². The van der Waals surface area contributed by atoms with Gasteiger partial charge < -0.3 is 14.8 Å². The zero-order chi connectivity index (χ0) is 19.8. The Morgan fingerprint density at radius 3 is 2.71 bits per heavy atom. The third kappa shape index (κ3) is 5.49. The quantitative estimate of drug-likeness (QED) is 0.654. The van der Waals surface area contributed by atoms with Crippen LogP contribution in [0, 0.1) is 6.92 Å². The fraction of sp³-hybridized carbons (Fsp3) is 0.500. The molecular formula is C24H34N2O2. The van der Waals surface area contributed by atoms with Crippen molar-refractivity contribution in [3.05, 3.63) is 59.2 Å². The molecule has 2 aromatic rings. The first-order chi connectivity index (χ1) is 13.7. The molecule has 3 rings (SSSR count). The second-order valence-corrected chi connectivity index (χ2v) is 7.48. The number of likely N-dealkylation sites (tertiary alicyclic amines) is 1. The van der Waals surface area contributed by atoms with Gasteiger partial charge in [0.05, 0.1) is 6.61 Å². The SMILES string of the molecule is CCOc1cc(CNCC2CCCN2CC)ccc1OCc1ccccc1C. The second-order valence-electron chi connectivity index (χ2n) is 7.48. The van der Waals surface area contributed by atoms with Crippen molar-refractivity contribution in [2.75, 3.05) is 26.2 Å². The molecule has 152 valence electrons. The minimum absolute atomic E-state index is 0.554. The van der Waals surface area contributed by atoms with E-state index < -0.39 is 0 Å². The van der Waals surface area contributed by atoms with Crippen molar-refractivity contribution in [2.24, 2.45) is 0 Å². The average Bonchev–Trinajstić information content (AvgIpc) is 3.16. The van der Waals surface area contributed by atoms with Crippen LogP contribution in [-0.4, -0.2) is 37.2 Å². The largest absolute Gasteiger partial charge is 0.490 e. The van der Waals surface area contributed by atoms with Gasteiger partial charge in [-0.2, -0.15) is 0 Å². The van der Waals surface area contributed by atoms with E-state index in [9.17, 15) is 0 Å². The van der Waals surface area contributed by atoms with E-state index in [1.165, 1.54) is 36.1 Å². The Balaban J connectivity index is 1.58. The Kier molecular flexibility index (Phi) is 7.75. The molecular weight excluding hydrogens is 348 g/mol. The fourth-order valence-electron chi connectivity index (χ4n) is 3.90. The molecule has 0 radical (unpaired) electrons. The van der Waals surface area contributed by atoms with Crippen LogP contribution < -0.4 is 14.8 Å². The van der Waals surface area contributed by atoms with Crippen molar-refractivity contribution in [3.63, 3.8) is 0 Å². The highest BCUT2D eigenvalue weighted by molar-refractivity contribution is 5.43. The first-order valence-electron chi connectivity index (χ1n) is 10.6. The first-order valence-corrected chi connectivity index (χ1v) is 10.6. The average molecular weight is 383 g/mol. The van der Waals surface area contributed by atoms with Gasteiger partial charge in [0, 0.05) is 19.1 Å². The van der Waals surface area contributed by atoms with Crippen LogP contribution in [0.3, 0.4) is 0 Å². The second kappa shape index (κ2) is 10.5. The Morgan fingerprint density at radius 1 is 1.07 bits per heavy atom. The number of benzene rings is 2. The molecule has 1 atom stereocenters. The molecule has 1 heterocycles. The topological polar surface area (TPSA) is 33.7 Å². The summed E-state index contributed by atoms with van der Waals surface area (Å²) < 4.78 is 11.9. The van der Waals surface area contributed by atoms with Crippen LogP contribution in [0.15, 0.2) is 42.5 Å². The predicted molar refractivity (Wildman–Crippen MR) is 115 cm³/mol. The third-order valence-electron chi connectivity index (χ3n) is 5.57. The van der Waals surface area contributed by atoms with Crippen LogP contribution in [-0.2, 0) is 13.2 Å². The molecule has 0 aromatic heterocycles. The molecule has 0 saturated carbocycles. The van der Waals surface area contributed by atoms with Gasteiger partial charge in [0.25, 0.3) is 0 Å². The maximum absolute atomic E-state index is 6.07.